The van der Waals surface area contributed by atoms with E-state index in [0.717, 1.165) is 5.56 Å². The Morgan fingerprint density at radius 3 is 2.28 bits per heavy atom. The summed E-state index contributed by atoms with van der Waals surface area (Å²) in [4.78, 5) is 17.2. The van der Waals surface area contributed by atoms with E-state index in [0.29, 0.717) is 23.1 Å². The van der Waals surface area contributed by atoms with Crippen molar-refractivity contribution in [1.29, 1.82) is 0 Å². The molecule has 2 unspecified atom stereocenters. The first kappa shape index (κ1) is 22.9. The minimum absolute atomic E-state index is 0.221. The van der Waals surface area contributed by atoms with E-state index in [1.165, 1.54) is 24.3 Å². The second kappa shape index (κ2) is 10.5. The third-order valence-electron chi connectivity index (χ3n) is 4.79. The van der Waals surface area contributed by atoms with Gasteiger partial charge in [-0.2, -0.15) is 0 Å². The van der Waals surface area contributed by atoms with Crippen molar-refractivity contribution in [3.05, 3.63) is 72.1 Å². The largest absolute Gasteiger partial charge is 0.497 e. The molecule has 1 heterocycles. The summed E-state index contributed by atoms with van der Waals surface area (Å²) in [6, 6.07) is 9.87. The monoisotopic (exact) mass is 442 g/mol. The molecule has 0 spiro atoms. The number of methoxy groups -OCH3 is 2. The standard InChI is InChI=1S/C23H27FN4O4/c1-15(14-32-18-7-5-17(24)6-8-18)26-23(29)27-21(22-25-9-10-28(22)2)16-11-19(30-3)13-20(12-16)31-4/h5-13,15,21H,14H2,1-4H3,(H2,26,27,29). The number of benzene rings is 2. The van der Waals surface area contributed by atoms with Gasteiger partial charge in [-0.25, -0.2) is 14.2 Å². The lowest BCUT2D eigenvalue weighted by Gasteiger charge is -2.22. The summed E-state index contributed by atoms with van der Waals surface area (Å²) >= 11 is 0. The third kappa shape index (κ3) is 5.90. The summed E-state index contributed by atoms with van der Waals surface area (Å²) in [6.07, 6.45) is 3.47. The Labute approximate surface area is 186 Å². The topological polar surface area (TPSA) is 86.6 Å². The van der Waals surface area contributed by atoms with E-state index in [4.69, 9.17) is 14.2 Å². The molecule has 32 heavy (non-hydrogen) atoms. The van der Waals surface area contributed by atoms with Gasteiger partial charge in [-0.1, -0.05) is 0 Å². The molecule has 8 nitrogen and oxygen atoms in total. The molecule has 0 aliphatic carbocycles. The average molecular weight is 442 g/mol. The summed E-state index contributed by atoms with van der Waals surface area (Å²) < 4.78 is 31.2. The number of aryl methyl sites for hydroxylation is 1. The van der Waals surface area contributed by atoms with Gasteiger partial charge in [0.1, 0.15) is 41.5 Å². The average Bonchev–Trinajstić information content (AvgIpc) is 3.22. The van der Waals surface area contributed by atoms with Crippen molar-refractivity contribution in [2.24, 2.45) is 7.05 Å². The first-order valence-corrected chi connectivity index (χ1v) is 10.0. The lowest BCUT2D eigenvalue weighted by atomic mass is 10.1. The molecule has 0 fully saturated rings. The van der Waals surface area contributed by atoms with E-state index in [9.17, 15) is 9.18 Å². The number of ether oxygens (including phenoxy) is 3. The molecule has 0 radical (unpaired) electrons. The summed E-state index contributed by atoms with van der Waals surface area (Å²) in [5.74, 6) is 2.03. The molecule has 0 aliphatic rings. The number of amides is 2. The number of urea groups is 1. The van der Waals surface area contributed by atoms with Gasteiger partial charge in [0.25, 0.3) is 0 Å². The summed E-state index contributed by atoms with van der Waals surface area (Å²) in [7, 11) is 4.99. The van der Waals surface area contributed by atoms with Gasteiger partial charge >= 0.3 is 6.03 Å². The predicted octanol–water partition coefficient (Wildman–Crippen LogP) is 3.43. The van der Waals surface area contributed by atoms with E-state index in [1.54, 1.807) is 32.7 Å². The van der Waals surface area contributed by atoms with Crippen LogP contribution in [0.1, 0.15) is 24.4 Å². The van der Waals surface area contributed by atoms with Crippen LogP contribution < -0.4 is 24.8 Å². The van der Waals surface area contributed by atoms with Crippen LogP contribution in [0, 0.1) is 5.82 Å². The van der Waals surface area contributed by atoms with Gasteiger partial charge in [-0.05, 0) is 48.9 Å². The van der Waals surface area contributed by atoms with Crippen LogP contribution in [0.3, 0.4) is 0 Å². The van der Waals surface area contributed by atoms with Crippen LogP contribution in [0.5, 0.6) is 17.2 Å². The second-order valence-corrected chi connectivity index (χ2v) is 7.26. The molecule has 170 valence electrons. The number of halogens is 1. The Balaban J connectivity index is 1.72. The maximum Gasteiger partial charge on any atom is 0.315 e. The molecule has 2 atom stereocenters. The van der Waals surface area contributed by atoms with E-state index < -0.39 is 12.1 Å². The van der Waals surface area contributed by atoms with Crippen LogP contribution in [-0.2, 0) is 7.05 Å². The lowest BCUT2D eigenvalue weighted by molar-refractivity contribution is 0.224. The molecule has 0 aliphatic heterocycles. The van der Waals surface area contributed by atoms with Gasteiger partial charge in [-0.15, -0.1) is 0 Å². The van der Waals surface area contributed by atoms with E-state index in [1.807, 2.05) is 30.7 Å². The maximum absolute atomic E-state index is 13.0. The van der Waals surface area contributed by atoms with Gasteiger partial charge in [-0.3, -0.25) is 0 Å². The fourth-order valence-electron chi connectivity index (χ4n) is 3.14. The Hall–Kier alpha value is -3.75. The zero-order valence-electron chi connectivity index (χ0n) is 18.5. The van der Waals surface area contributed by atoms with Gasteiger partial charge in [0.05, 0.1) is 20.3 Å². The van der Waals surface area contributed by atoms with Crippen LogP contribution in [-0.4, -0.2) is 42.5 Å². The first-order chi connectivity index (χ1) is 15.4. The Bertz CT molecular complexity index is 1020. The number of carbonyl (C=O) groups is 1. The lowest BCUT2D eigenvalue weighted by Crippen LogP contribution is -2.45. The zero-order chi connectivity index (χ0) is 23.1. The number of hydrogen-bond acceptors (Lipinski definition) is 5. The maximum atomic E-state index is 13.0. The number of rotatable bonds is 9. The van der Waals surface area contributed by atoms with Crippen molar-refractivity contribution >= 4 is 6.03 Å². The highest BCUT2D eigenvalue weighted by atomic mass is 19.1. The minimum Gasteiger partial charge on any atom is -0.497 e. The van der Waals surface area contributed by atoms with Crippen molar-refractivity contribution < 1.29 is 23.4 Å². The highest BCUT2D eigenvalue weighted by Gasteiger charge is 2.23. The van der Waals surface area contributed by atoms with Crippen LogP contribution in [0.25, 0.3) is 0 Å². The molecule has 3 rings (SSSR count). The summed E-state index contributed by atoms with van der Waals surface area (Å²) in [5.41, 5.74) is 0.751. The Morgan fingerprint density at radius 2 is 1.72 bits per heavy atom. The molecular formula is C23H27FN4O4. The molecule has 2 N–H and O–H groups in total. The van der Waals surface area contributed by atoms with Gasteiger partial charge < -0.3 is 29.4 Å². The number of hydrogen-bond donors (Lipinski definition) is 2. The van der Waals surface area contributed by atoms with Crippen LogP contribution >= 0.6 is 0 Å². The van der Waals surface area contributed by atoms with Gasteiger partial charge in [0.15, 0.2) is 0 Å². The van der Waals surface area contributed by atoms with Crippen molar-refractivity contribution in [2.45, 2.75) is 19.0 Å². The molecule has 2 aromatic carbocycles. The first-order valence-electron chi connectivity index (χ1n) is 10.0. The van der Waals surface area contributed by atoms with E-state index in [-0.39, 0.29) is 18.5 Å². The van der Waals surface area contributed by atoms with Crippen molar-refractivity contribution in [2.75, 3.05) is 20.8 Å². The summed E-state index contributed by atoms with van der Waals surface area (Å²) in [5, 5.41) is 5.82. The quantitative estimate of drug-likeness (QED) is 0.530. The third-order valence-corrected chi connectivity index (χ3v) is 4.79. The Morgan fingerprint density at radius 1 is 1.06 bits per heavy atom. The van der Waals surface area contributed by atoms with Crippen molar-refractivity contribution in [3.8, 4) is 17.2 Å². The smallest absolute Gasteiger partial charge is 0.315 e. The molecule has 0 bridgehead atoms. The fourth-order valence-corrected chi connectivity index (χ4v) is 3.14. The highest BCUT2D eigenvalue weighted by molar-refractivity contribution is 5.75. The molecule has 1 aromatic heterocycles. The highest BCUT2D eigenvalue weighted by Crippen LogP contribution is 2.29. The minimum atomic E-state index is -0.552. The van der Waals surface area contributed by atoms with Gasteiger partial charge in [0, 0.05) is 25.5 Å². The number of imidazole rings is 1. The fraction of sp³-hybridized carbons (Fsp3) is 0.304. The molecule has 0 saturated heterocycles. The summed E-state index contributed by atoms with van der Waals surface area (Å²) in [6.45, 7) is 2.03. The predicted molar refractivity (Wildman–Crippen MR) is 118 cm³/mol. The van der Waals surface area contributed by atoms with E-state index in [2.05, 4.69) is 15.6 Å². The molecule has 3 aromatic rings. The van der Waals surface area contributed by atoms with Crippen molar-refractivity contribution in [3.63, 3.8) is 0 Å². The number of nitrogens with zero attached hydrogens (tertiary/aromatic N) is 2. The number of aromatic nitrogens is 2. The van der Waals surface area contributed by atoms with Crippen LogP contribution in [0.4, 0.5) is 9.18 Å². The second-order valence-electron chi connectivity index (χ2n) is 7.26. The Kier molecular flexibility index (Phi) is 7.54. The molecule has 9 heteroatoms. The number of carbonyl (C=O) groups excluding carboxylic acids is 1. The SMILES string of the molecule is COc1cc(OC)cc(C(NC(=O)NC(C)COc2ccc(F)cc2)c2nccn2C)c1. The van der Waals surface area contributed by atoms with Crippen molar-refractivity contribution in [1.82, 2.24) is 20.2 Å². The van der Waals surface area contributed by atoms with Crippen LogP contribution in [0.15, 0.2) is 54.9 Å². The molecular weight excluding hydrogens is 415 g/mol. The van der Waals surface area contributed by atoms with Crippen LogP contribution in [0.2, 0.25) is 0 Å². The number of nitrogens with one attached hydrogen (secondary N) is 2. The molecule has 0 saturated carbocycles. The van der Waals surface area contributed by atoms with Gasteiger partial charge in [0.2, 0.25) is 0 Å². The normalized spacial score (nSPS) is 12.5. The van der Waals surface area contributed by atoms with E-state index >= 15 is 0 Å². The zero-order valence-corrected chi connectivity index (χ0v) is 18.5. The molecule has 2 amide bonds.